The Bertz CT molecular complexity index is 627. The second kappa shape index (κ2) is 36.2. The molecule has 3 N–H and O–H groups in total. The first-order valence-electron chi connectivity index (χ1n) is 8.25. The van der Waals surface area contributed by atoms with Crippen molar-refractivity contribution in [3.8, 4) is 11.5 Å². The van der Waals surface area contributed by atoms with E-state index in [-0.39, 0.29) is 130 Å². The molecule has 0 aromatic heterocycles. The van der Waals surface area contributed by atoms with Crippen LogP contribution in [0.2, 0.25) is 10.0 Å². The van der Waals surface area contributed by atoms with Crippen molar-refractivity contribution in [2.24, 2.45) is 0 Å². The molecule has 7 nitrogen and oxygen atoms in total. The summed E-state index contributed by atoms with van der Waals surface area (Å²) >= 11 is 14.2. The van der Waals surface area contributed by atoms with Gasteiger partial charge in [-0.2, -0.15) is 0 Å². The Kier molecular flexibility index (Phi) is 46.6. The minimum absolute atomic E-state index is 0. The van der Waals surface area contributed by atoms with Crippen LogP contribution >= 0.6 is 39.1 Å². The first kappa shape index (κ1) is 39.8. The third kappa shape index (κ3) is 36.4. The van der Waals surface area contributed by atoms with E-state index in [0.29, 0.717) is 27.7 Å². The number of ether oxygens (including phenoxy) is 1. The predicted molar refractivity (Wildman–Crippen MR) is 113 cm³/mol. The van der Waals surface area contributed by atoms with Crippen LogP contribution in [0.1, 0.15) is 2.80 Å². The van der Waals surface area contributed by atoms with Crippen LogP contribution in [0, 0.1) is 0 Å². The third-order valence-corrected chi connectivity index (χ3v) is 2.91. The molecule has 31 heavy (non-hydrogen) atoms. The monoisotopic (exact) mass is 599 g/mol. The molecule has 0 unspecified atom stereocenters. The van der Waals surface area contributed by atoms with Crippen molar-refractivity contribution in [2.75, 3.05) is 32.3 Å². The molecule has 0 bridgehead atoms. The second-order valence-electron chi connectivity index (χ2n) is 4.11. The number of hydrogen-bond acceptors (Lipinski definition) is 7. The molecule has 2 aromatic carbocycles. The zero-order valence-electron chi connectivity index (χ0n) is 19.2. The molecule has 2 aromatic rings. The van der Waals surface area contributed by atoms with Crippen LogP contribution in [0.3, 0.4) is 0 Å². The summed E-state index contributed by atoms with van der Waals surface area (Å²) in [5.41, 5.74) is 0. The molecular formula is C18H24BrCl2FK2O7. The number of carbonyl (C=O) groups excluding carboxylic acids is 1. The number of aliphatic hydroxyl groups excluding tert-OH is 2. The fourth-order valence-corrected chi connectivity index (χ4v) is 1.56. The van der Waals surface area contributed by atoms with Gasteiger partial charge in [0.2, 0.25) is 0 Å². The van der Waals surface area contributed by atoms with E-state index in [0.717, 1.165) is 0 Å². The molecule has 13 heteroatoms. The SMILES string of the molecule is O=CO[O-].OCCBr.OCCOc1cccc(Cl)c1.Oc1cccc(Cl)c1.[2H]CF.[H-].[K+].[K+]. The average molecular weight is 601 g/mol. The molecular weight excluding hydrogens is 576 g/mol. The van der Waals surface area contributed by atoms with Crippen molar-refractivity contribution in [2.45, 2.75) is 0 Å². The van der Waals surface area contributed by atoms with Gasteiger partial charge in [-0.25, -0.2) is 0 Å². The van der Waals surface area contributed by atoms with Crippen LogP contribution in [-0.2, 0) is 9.68 Å². The number of alkyl halides is 2. The van der Waals surface area contributed by atoms with Crippen LogP contribution < -0.4 is 113 Å². The van der Waals surface area contributed by atoms with Gasteiger partial charge in [-0.15, -0.1) is 0 Å². The summed E-state index contributed by atoms with van der Waals surface area (Å²) in [5, 5.41) is 35.3. The third-order valence-electron chi connectivity index (χ3n) is 2.09. The van der Waals surface area contributed by atoms with Crippen molar-refractivity contribution in [1.29, 1.82) is 0 Å². The second-order valence-corrected chi connectivity index (χ2v) is 5.78. The molecule has 0 atom stereocenters. The fourth-order valence-electron chi connectivity index (χ4n) is 1.20. The first-order chi connectivity index (χ1) is 14.4. The number of aromatic hydroxyl groups is 1. The van der Waals surface area contributed by atoms with E-state index < -0.39 is 7.15 Å². The minimum Gasteiger partial charge on any atom is -1.00 e. The number of carbonyl (C=O) groups is 1. The predicted octanol–water partition coefficient (Wildman–Crippen LogP) is -2.73. The molecule has 0 aliphatic rings. The summed E-state index contributed by atoms with van der Waals surface area (Å²) in [5.74, 6) is 0.893. The average Bonchev–Trinajstić information content (AvgIpc) is 2.73. The van der Waals surface area contributed by atoms with Gasteiger partial charge < -0.3 is 31.6 Å². The summed E-state index contributed by atoms with van der Waals surface area (Å²) in [6, 6.07) is 13.5. The molecule has 2 rings (SSSR count). The molecule has 0 heterocycles. The molecule has 0 radical (unpaired) electrons. The standard InChI is InChI=1S/C8H9ClO2.C6H5ClO.C2H5BrO.CH3F.CH2O3.2K.H/c9-7-2-1-3-8(6-7)11-5-4-10;7-5-2-1-3-6(8)4-5;3-1-2-4;1-2;2-1-4-3;;;/h1-3,6,10H,4-5H2;1-4,8H;4H,1-2H2;1H3;1,3H;;;/q;;;;;2*+1;-1/p-1/i;;;1D;;;;. The Labute approximate surface area is 288 Å². The molecule has 0 saturated heterocycles. The zero-order chi connectivity index (χ0) is 23.6. The van der Waals surface area contributed by atoms with Crippen LogP contribution in [0.5, 0.6) is 11.5 Å². The van der Waals surface area contributed by atoms with Crippen LogP contribution in [0.25, 0.3) is 0 Å². The van der Waals surface area contributed by atoms with Gasteiger partial charge in [0, 0.05) is 15.4 Å². The Morgan fingerprint density at radius 3 is 1.90 bits per heavy atom. The summed E-state index contributed by atoms with van der Waals surface area (Å²) in [6.07, 6.45) is 0. The molecule has 0 aliphatic heterocycles. The Morgan fingerprint density at radius 1 is 1.16 bits per heavy atom. The number of aliphatic hydroxyl groups is 2. The number of hydrogen-bond donors (Lipinski definition) is 3. The molecule has 0 fully saturated rings. The summed E-state index contributed by atoms with van der Waals surface area (Å²) < 4.78 is 20.6. The number of phenols is 1. The minimum atomic E-state index is -1.00. The van der Waals surface area contributed by atoms with Gasteiger partial charge >= 0.3 is 103 Å². The van der Waals surface area contributed by atoms with Gasteiger partial charge in [0.25, 0.3) is 6.47 Å². The topological polar surface area (TPSA) is 119 Å². The Balaban J connectivity index is -0.0000000738. The molecule has 0 aliphatic carbocycles. The van der Waals surface area contributed by atoms with Crippen molar-refractivity contribution < 1.29 is 145 Å². The fraction of sp³-hybridized carbons (Fsp3) is 0.278. The Morgan fingerprint density at radius 2 is 1.61 bits per heavy atom. The maximum absolute atomic E-state index is 9.96. The van der Waals surface area contributed by atoms with E-state index >= 15 is 0 Å². The quantitative estimate of drug-likeness (QED) is 0.112. The summed E-state index contributed by atoms with van der Waals surface area (Å²) in [7, 11) is -1.00. The van der Waals surface area contributed by atoms with E-state index in [2.05, 4.69) is 20.8 Å². The molecule has 0 spiro atoms. The zero-order valence-corrected chi connectivity index (χ0v) is 26.6. The first-order valence-corrected chi connectivity index (χ1v) is 9.42. The Hall–Kier alpha value is 1.65. The van der Waals surface area contributed by atoms with E-state index in [1.54, 1.807) is 42.5 Å². The van der Waals surface area contributed by atoms with Crippen LogP contribution in [0.15, 0.2) is 48.5 Å². The van der Waals surface area contributed by atoms with Gasteiger partial charge in [-0.1, -0.05) is 51.3 Å². The van der Waals surface area contributed by atoms with Crippen molar-refractivity contribution in [1.82, 2.24) is 0 Å². The van der Waals surface area contributed by atoms with Gasteiger partial charge in [-0.05, 0) is 36.4 Å². The van der Waals surface area contributed by atoms with Gasteiger partial charge in [0.1, 0.15) is 18.1 Å². The van der Waals surface area contributed by atoms with Gasteiger partial charge in [-0.3, -0.25) is 9.18 Å². The summed E-state index contributed by atoms with van der Waals surface area (Å²) in [4.78, 5) is 11.2. The normalized spacial score (nSPS) is 8.03. The number of phenolic OH excluding ortho intramolecular Hbond substituents is 1. The molecule has 168 valence electrons. The van der Waals surface area contributed by atoms with Crippen LogP contribution in [-0.4, -0.2) is 54.1 Å². The van der Waals surface area contributed by atoms with E-state index in [9.17, 15) is 4.39 Å². The number of halogens is 4. The largest absolute Gasteiger partial charge is 1.00 e. The van der Waals surface area contributed by atoms with E-state index in [4.69, 9.17) is 54.7 Å². The van der Waals surface area contributed by atoms with Crippen molar-refractivity contribution in [3.63, 3.8) is 0 Å². The van der Waals surface area contributed by atoms with Crippen molar-refractivity contribution in [3.05, 3.63) is 58.6 Å². The molecule has 0 saturated carbocycles. The number of rotatable bonds is 5. The van der Waals surface area contributed by atoms with Gasteiger partial charge in [0.05, 0.1) is 21.7 Å². The summed E-state index contributed by atoms with van der Waals surface area (Å²) in [6.45, 7) is 0.382. The maximum Gasteiger partial charge on any atom is 1.00 e. The smallest absolute Gasteiger partial charge is 1.00 e. The van der Waals surface area contributed by atoms with Crippen LogP contribution in [0.4, 0.5) is 4.39 Å². The number of benzene rings is 2. The van der Waals surface area contributed by atoms with Crippen molar-refractivity contribution >= 4 is 45.6 Å². The van der Waals surface area contributed by atoms with E-state index in [1.807, 2.05) is 0 Å². The van der Waals surface area contributed by atoms with Gasteiger partial charge in [0.15, 0.2) is 0 Å². The maximum atomic E-state index is 9.96. The molecule has 0 amide bonds. The van der Waals surface area contributed by atoms with E-state index in [1.165, 1.54) is 6.07 Å².